The van der Waals surface area contributed by atoms with Crippen LogP contribution in [0.25, 0.3) is 0 Å². The predicted octanol–water partition coefficient (Wildman–Crippen LogP) is 1.02. The zero-order chi connectivity index (χ0) is 12.1. The first-order valence-corrected chi connectivity index (χ1v) is 6.86. The second-order valence-corrected chi connectivity index (χ2v) is 4.78. The Labute approximate surface area is 104 Å². The van der Waals surface area contributed by atoms with Crippen molar-refractivity contribution < 1.29 is 4.79 Å². The molecule has 1 heterocycles. The molecule has 0 aliphatic rings. The average molecular weight is 260 g/mol. The number of carbonyl (C=O) groups is 1. The lowest BCUT2D eigenvalue weighted by atomic mass is 10.5. The quantitative estimate of drug-likeness (QED) is 0.773. The molecule has 0 fully saturated rings. The number of likely N-dealkylation sites (N-methyl/N-ethyl adjacent to an activating group) is 2. The first-order valence-electron chi connectivity index (χ1n) is 4.87. The van der Waals surface area contributed by atoms with Crippen LogP contribution in [0.2, 0.25) is 0 Å². The Morgan fingerprint density at radius 2 is 2.38 bits per heavy atom. The van der Waals surface area contributed by atoms with Crippen LogP contribution in [0.15, 0.2) is 4.90 Å². The number of hydrogen-bond acceptors (Lipinski definition) is 6. The van der Waals surface area contributed by atoms with Crippen molar-refractivity contribution >= 4 is 40.0 Å². The zero-order valence-electron chi connectivity index (χ0n) is 9.61. The van der Waals surface area contributed by atoms with Crippen molar-refractivity contribution in [3.05, 3.63) is 0 Å². The molecule has 3 N–H and O–H groups in total. The van der Waals surface area contributed by atoms with Crippen LogP contribution in [0, 0.1) is 0 Å². The molecule has 0 spiro atoms. The molecule has 5 nitrogen and oxygen atoms in total. The molecule has 0 saturated carbocycles. The summed E-state index contributed by atoms with van der Waals surface area (Å²) in [7, 11) is 1.86. The van der Waals surface area contributed by atoms with Gasteiger partial charge in [0, 0.05) is 13.6 Å². The van der Waals surface area contributed by atoms with E-state index >= 15 is 0 Å². The van der Waals surface area contributed by atoms with Crippen LogP contribution in [0.4, 0.5) is 10.8 Å². The number of amides is 1. The number of aromatic nitrogens is 1. The summed E-state index contributed by atoms with van der Waals surface area (Å²) in [6.07, 6.45) is 1.95. The summed E-state index contributed by atoms with van der Waals surface area (Å²) in [5.41, 5.74) is 5.73. The van der Waals surface area contributed by atoms with Crippen molar-refractivity contribution in [2.45, 2.75) is 11.8 Å². The van der Waals surface area contributed by atoms with E-state index in [1.807, 2.05) is 25.1 Å². The molecule has 0 aliphatic heterocycles. The molecule has 0 radical (unpaired) electrons. The fourth-order valence-electron chi connectivity index (χ4n) is 1.26. The van der Waals surface area contributed by atoms with Gasteiger partial charge in [0.1, 0.15) is 5.00 Å². The third-order valence-corrected chi connectivity index (χ3v) is 3.88. The van der Waals surface area contributed by atoms with Crippen molar-refractivity contribution in [2.24, 2.45) is 0 Å². The number of carbonyl (C=O) groups excluding carboxylic acids is 1. The zero-order valence-corrected chi connectivity index (χ0v) is 11.2. The van der Waals surface area contributed by atoms with E-state index in [1.54, 1.807) is 11.8 Å². The second kappa shape index (κ2) is 5.95. The van der Waals surface area contributed by atoms with Crippen LogP contribution in [0.3, 0.4) is 0 Å². The highest BCUT2D eigenvalue weighted by Gasteiger charge is 2.16. The number of rotatable bonds is 5. The van der Waals surface area contributed by atoms with Crippen molar-refractivity contribution in [3.63, 3.8) is 0 Å². The highest BCUT2D eigenvalue weighted by molar-refractivity contribution is 7.99. The van der Waals surface area contributed by atoms with Gasteiger partial charge in [-0.15, -0.1) is 11.8 Å². The molecule has 0 unspecified atom stereocenters. The highest BCUT2D eigenvalue weighted by atomic mass is 32.2. The summed E-state index contributed by atoms with van der Waals surface area (Å²) >= 11 is 2.87. The van der Waals surface area contributed by atoms with E-state index < -0.39 is 0 Å². The van der Waals surface area contributed by atoms with Crippen molar-refractivity contribution in [3.8, 4) is 0 Å². The van der Waals surface area contributed by atoms with Gasteiger partial charge in [-0.25, -0.2) is 0 Å². The first-order chi connectivity index (χ1) is 7.60. The number of nitrogens with two attached hydrogens (primary N) is 1. The standard InChI is InChI=1S/C9H16N4OS2/c1-4-11-6(14)5-13(2)9-7(15-3)8(10)12-16-9/h4-5H2,1-3H3,(H2,10,12)(H,11,14). The molecule has 1 aromatic heterocycles. The van der Waals surface area contributed by atoms with Gasteiger partial charge < -0.3 is 16.0 Å². The molecule has 16 heavy (non-hydrogen) atoms. The molecule has 0 bridgehead atoms. The van der Waals surface area contributed by atoms with Gasteiger partial charge in [0.05, 0.1) is 11.4 Å². The van der Waals surface area contributed by atoms with E-state index in [9.17, 15) is 4.79 Å². The number of nitrogen functional groups attached to an aromatic ring is 1. The predicted molar refractivity (Wildman–Crippen MR) is 70.3 cm³/mol. The molecule has 0 aromatic carbocycles. The van der Waals surface area contributed by atoms with Gasteiger partial charge in [0.25, 0.3) is 0 Å². The largest absolute Gasteiger partial charge is 0.382 e. The van der Waals surface area contributed by atoms with Crippen LogP contribution >= 0.6 is 23.3 Å². The van der Waals surface area contributed by atoms with E-state index in [2.05, 4.69) is 9.69 Å². The Hall–Kier alpha value is -0.950. The minimum Gasteiger partial charge on any atom is -0.382 e. The molecular formula is C9H16N4OS2. The number of nitrogens with one attached hydrogen (secondary N) is 1. The normalized spacial score (nSPS) is 10.2. The molecule has 1 rings (SSSR count). The summed E-state index contributed by atoms with van der Waals surface area (Å²) in [6.45, 7) is 2.87. The van der Waals surface area contributed by atoms with Gasteiger partial charge in [-0.05, 0) is 24.7 Å². The minimum atomic E-state index is 0.00373. The summed E-state index contributed by atoms with van der Waals surface area (Å²) in [5, 5.41) is 3.70. The SMILES string of the molecule is CCNC(=O)CN(C)c1snc(N)c1SC. The molecule has 1 amide bonds. The molecule has 0 atom stereocenters. The smallest absolute Gasteiger partial charge is 0.239 e. The maximum absolute atomic E-state index is 11.4. The van der Waals surface area contributed by atoms with Gasteiger partial charge in [-0.2, -0.15) is 4.37 Å². The minimum absolute atomic E-state index is 0.00373. The van der Waals surface area contributed by atoms with Gasteiger partial charge in [0.2, 0.25) is 5.91 Å². The topological polar surface area (TPSA) is 71.2 Å². The van der Waals surface area contributed by atoms with E-state index in [0.29, 0.717) is 18.9 Å². The summed E-state index contributed by atoms with van der Waals surface area (Å²) < 4.78 is 4.09. The summed E-state index contributed by atoms with van der Waals surface area (Å²) in [5.74, 6) is 0.541. The first kappa shape index (κ1) is 13.1. The van der Waals surface area contributed by atoms with Crippen molar-refractivity contribution in [1.29, 1.82) is 0 Å². The van der Waals surface area contributed by atoms with Crippen LogP contribution in [-0.2, 0) is 4.79 Å². The number of anilines is 2. The fourth-order valence-corrected chi connectivity index (χ4v) is 2.93. The number of thioether (sulfide) groups is 1. The maximum Gasteiger partial charge on any atom is 0.239 e. The molecule has 0 saturated heterocycles. The molecule has 7 heteroatoms. The van der Waals surface area contributed by atoms with E-state index in [1.165, 1.54) is 11.5 Å². The Morgan fingerprint density at radius 3 is 2.94 bits per heavy atom. The molecular weight excluding hydrogens is 244 g/mol. The molecule has 0 aliphatic carbocycles. The third kappa shape index (κ3) is 3.02. The fraction of sp³-hybridized carbons (Fsp3) is 0.556. The van der Waals surface area contributed by atoms with Crippen LogP contribution in [-0.4, -0.2) is 36.7 Å². The van der Waals surface area contributed by atoms with E-state index in [4.69, 9.17) is 5.73 Å². The van der Waals surface area contributed by atoms with Gasteiger partial charge in [-0.1, -0.05) is 0 Å². The molecule has 90 valence electrons. The Balaban J connectivity index is 2.72. The third-order valence-electron chi connectivity index (χ3n) is 1.96. The average Bonchev–Trinajstić information content (AvgIpc) is 2.59. The van der Waals surface area contributed by atoms with Gasteiger partial charge in [-0.3, -0.25) is 4.79 Å². The lowest BCUT2D eigenvalue weighted by Crippen LogP contribution is -2.34. The number of hydrogen-bond donors (Lipinski definition) is 2. The second-order valence-electron chi connectivity index (χ2n) is 3.22. The Bertz CT molecular complexity index is 366. The Morgan fingerprint density at radius 1 is 1.69 bits per heavy atom. The molecule has 1 aromatic rings. The monoisotopic (exact) mass is 260 g/mol. The van der Waals surface area contributed by atoms with E-state index in [-0.39, 0.29) is 5.91 Å². The van der Waals surface area contributed by atoms with Gasteiger partial charge >= 0.3 is 0 Å². The van der Waals surface area contributed by atoms with Crippen LogP contribution < -0.4 is 16.0 Å². The number of nitrogens with zero attached hydrogens (tertiary/aromatic N) is 2. The van der Waals surface area contributed by atoms with Crippen LogP contribution in [0.1, 0.15) is 6.92 Å². The maximum atomic E-state index is 11.4. The van der Waals surface area contributed by atoms with Gasteiger partial charge in [0.15, 0.2) is 5.82 Å². The van der Waals surface area contributed by atoms with Crippen molar-refractivity contribution in [2.75, 3.05) is 37.0 Å². The highest BCUT2D eigenvalue weighted by Crippen LogP contribution is 2.36. The van der Waals surface area contributed by atoms with Crippen LogP contribution in [0.5, 0.6) is 0 Å². The lowest BCUT2D eigenvalue weighted by Gasteiger charge is -2.17. The summed E-state index contributed by atoms with van der Waals surface area (Å²) in [4.78, 5) is 14.2. The van der Waals surface area contributed by atoms with Crippen molar-refractivity contribution in [1.82, 2.24) is 9.69 Å². The Kier molecular flexibility index (Phi) is 4.88. The lowest BCUT2D eigenvalue weighted by molar-refractivity contribution is -0.119. The van der Waals surface area contributed by atoms with E-state index in [0.717, 1.165) is 9.90 Å². The summed E-state index contributed by atoms with van der Waals surface area (Å²) in [6, 6.07) is 0.